The van der Waals surface area contributed by atoms with E-state index < -0.39 is 0 Å². The van der Waals surface area contributed by atoms with Gasteiger partial charge in [-0.15, -0.1) is 11.8 Å². The van der Waals surface area contributed by atoms with Crippen LogP contribution in [0.15, 0.2) is 59.5 Å². The van der Waals surface area contributed by atoms with Crippen molar-refractivity contribution in [1.29, 1.82) is 0 Å². The fourth-order valence-corrected chi connectivity index (χ4v) is 2.17. The third-order valence-corrected chi connectivity index (χ3v) is 3.38. The quantitative estimate of drug-likeness (QED) is 0.839. The maximum Gasteiger partial charge on any atom is 0.227 e. The number of benzene rings is 2. The van der Waals surface area contributed by atoms with Gasteiger partial charge in [-0.05, 0) is 23.3 Å². The molecule has 0 aliphatic heterocycles. The Hall–Kier alpha value is -1.74. The number of primary amides is 1. The molecule has 0 aromatic heterocycles. The summed E-state index contributed by atoms with van der Waals surface area (Å²) < 4.78 is 0. The molecule has 0 aliphatic carbocycles. The molecule has 0 unspecified atom stereocenters. The van der Waals surface area contributed by atoms with Crippen LogP contribution in [-0.2, 0) is 4.79 Å². The molecule has 3 heteroatoms. The second kappa shape index (κ2) is 5.55. The fourth-order valence-electron chi connectivity index (χ4n) is 1.53. The highest BCUT2D eigenvalue weighted by Crippen LogP contribution is 2.23. The number of rotatable bonds is 4. The van der Waals surface area contributed by atoms with Crippen molar-refractivity contribution >= 4 is 17.7 Å². The van der Waals surface area contributed by atoms with E-state index in [4.69, 9.17) is 5.73 Å². The zero-order valence-corrected chi connectivity index (χ0v) is 10.1. The minimum atomic E-state index is -0.290. The summed E-state index contributed by atoms with van der Waals surface area (Å²) in [7, 11) is 0. The first-order valence-corrected chi connectivity index (χ1v) is 6.31. The van der Waals surface area contributed by atoms with Gasteiger partial charge in [0.15, 0.2) is 0 Å². The zero-order chi connectivity index (χ0) is 12.1. The average molecular weight is 243 g/mol. The summed E-state index contributed by atoms with van der Waals surface area (Å²) in [6.07, 6.45) is 0. The third-order valence-electron chi connectivity index (χ3n) is 2.34. The number of hydrogen-bond acceptors (Lipinski definition) is 2. The molecule has 0 spiro atoms. The predicted molar refractivity (Wildman–Crippen MR) is 71.8 cm³/mol. The van der Waals surface area contributed by atoms with Crippen LogP contribution < -0.4 is 5.73 Å². The fraction of sp³-hybridized carbons (Fsp3) is 0.0714. The van der Waals surface area contributed by atoms with Gasteiger partial charge in [0.2, 0.25) is 5.91 Å². The highest BCUT2D eigenvalue weighted by molar-refractivity contribution is 8.00. The summed E-state index contributed by atoms with van der Waals surface area (Å²) in [5.74, 6) is 0.0344. The van der Waals surface area contributed by atoms with E-state index in [2.05, 4.69) is 24.3 Å². The number of carbonyl (C=O) groups excluding carboxylic acids is 1. The van der Waals surface area contributed by atoms with Crippen molar-refractivity contribution in [2.45, 2.75) is 4.90 Å². The molecule has 0 heterocycles. The van der Waals surface area contributed by atoms with Crippen LogP contribution in [0.1, 0.15) is 0 Å². The molecule has 0 saturated heterocycles. The molecule has 2 rings (SSSR count). The normalized spacial score (nSPS) is 10.1. The molecule has 0 atom stereocenters. The van der Waals surface area contributed by atoms with E-state index in [0.717, 1.165) is 4.90 Å². The number of carbonyl (C=O) groups is 1. The van der Waals surface area contributed by atoms with Crippen molar-refractivity contribution in [2.24, 2.45) is 5.73 Å². The molecule has 0 bridgehead atoms. The van der Waals surface area contributed by atoms with Crippen LogP contribution in [0, 0.1) is 0 Å². The predicted octanol–water partition coefficient (Wildman–Crippen LogP) is 2.93. The Balaban J connectivity index is 2.11. The second-order valence-corrected chi connectivity index (χ2v) is 4.69. The smallest absolute Gasteiger partial charge is 0.227 e. The highest BCUT2D eigenvalue weighted by atomic mass is 32.2. The molecule has 2 aromatic carbocycles. The zero-order valence-electron chi connectivity index (χ0n) is 9.30. The lowest BCUT2D eigenvalue weighted by Gasteiger charge is -2.03. The van der Waals surface area contributed by atoms with Gasteiger partial charge in [-0.25, -0.2) is 0 Å². The Morgan fingerprint density at radius 3 is 2.12 bits per heavy atom. The standard InChI is InChI=1S/C14H13NOS/c15-14(16)10-17-13-8-6-12(7-9-13)11-4-2-1-3-5-11/h1-9H,10H2,(H2,15,16). The third kappa shape index (κ3) is 3.36. The molecule has 2 aromatic rings. The van der Waals surface area contributed by atoms with E-state index in [9.17, 15) is 4.79 Å². The van der Waals surface area contributed by atoms with E-state index in [1.807, 2.05) is 30.3 Å². The van der Waals surface area contributed by atoms with Crippen LogP contribution in [0.25, 0.3) is 11.1 Å². The van der Waals surface area contributed by atoms with Crippen molar-refractivity contribution in [1.82, 2.24) is 0 Å². The Morgan fingerprint density at radius 2 is 1.53 bits per heavy atom. The molecular formula is C14H13NOS. The van der Waals surface area contributed by atoms with E-state index in [0.29, 0.717) is 5.75 Å². The Bertz CT molecular complexity index is 493. The van der Waals surface area contributed by atoms with Crippen molar-refractivity contribution < 1.29 is 4.79 Å². The minimum absolute atomic E-state index is 0.290. The molecule has 86 valence electrons. The van der Waals surface area contributed by atoms with Gasteiger partial charge in [0.25, 0.3) is 0 Å². The first kappa shape index (κ1) is 11.7. The van der Waals surface area contributed by atoms with Gasteiger partial charge >= 0.3 is 0 Å². The molecule has 1 amide bonds. The molecule has 2 nitrogen and oxygen atoms in total. The number of hydrogen-bond donors (Lipinski definition) is 1. The summed E-state index contributed by atoms with van der Waals surface area (Å²) in [6, 6.07) is 18.3. The summed E-state index contributed by atoms with van der Waals surface area (Å²) >= 11 is 1.46. The van der Waals surface area contributed by atoms with Gasteiger partial charge in [0, 0.05) is 4.90 Å². The van der Waals surface area contributed by atoms with Gasteiger partial charge < -0.3 is 5.73 Å². The molecule has 17 heavy (non-hydrogen) atoms. The van der Waals surface area contributed by atoms with Crippen molar-refractivity contribution in [3.8, 4) is 11.1 Å². The highest BCUT2D eigenvalue weighted by Gasteiger charge is 1.99. The maximum absolute atomic E-state index is 10.7. The van der Waals surface area contributed by atoms with E-state index >= 15 is 0 Å². The second-order valence-electron chi connectivity index (χ2n) is 3.65. The Morgan fingerprint density at radius 1 is 0.941 bits per heavy atom. The largest absolute Gasteiger partial charge is 0.369 e. The first-order chi connectivity index (χ1) is 8.25. The van der Waals surface area contributed by atoms with Gasteiger partial charge in [-0.2, -0.15) is 0 Å². The minimum Gasteiger partial charge on any atom is -0.369 e. The van der Waals surface area contributed by atoms with E-state index in [-0.39, 0.29) is 5.91 Å². The summed E-state index contributed by atoms with van der Waals surface area (Å²) in [5.41, 5.74) is 7.47. The lowest BCUT2D eigenvalue weighted by Crippen LogP contribution is -2.12. The van der Waals surface area contributed by atoms with E-state index in [1.54, 1.807) is 0 Å². The topological polar surface area (TPSA) is 43.1 Å². The molecule has 0 saturated carbocycles. The summed E-state index contributed by atoms with van der Waals surface area (Å²) in [5, 5.41) is 0. The summed E-state index contributed by atoms with van der Waals surface area (Å²) in [4.78, 5) is 11.7. The van der Waals surface area contributed by atoms with Crippen LogP contribution in [-0.4, -0.2) is 11.7 Å². The lowest BCUT2D eigenvalue weighted by atomic mass is 10.1. The van der Waals surface area contributed by atoms with Crippen LogP contribution in [0.3, 0.4) is 0 Å². The Labute approximate surface area is 105 Å². The van der Waals surface area contributed by atoms with Crippen LogP contribution in [0.2, 0.25) is 0 Å². The van der Waals surface area contributed by atoms with Gasteiger partial charge in [-0.1, -0.05) is 42.5 Å². The number of thioether (sulfide) groups is 1. The average Bonchev–Trinajstić information content (AvgIpc) is 2.38. The van der Waals surface area contributed by atoms with Crippen molar-refractivity contribution in [3.05, 3.63) is 54.6 Å². The molecule has 0 radical (unpaired) electrons. The van der Waals surface area contributed by atoms with Crippen molar-refractivity contribution in [2.75, 3.05) is 5.75 Å². The molecule has 2 N–H and O–H groups in total. The summed E-state index contributed by atoms with van der Waals surface area (Å²) in [6.45, 7) is 0. The SMILES string of the molecule is NC(=O)CSc1ccc(-c2ccccc2)cc1. The van der Waals surface area contributed by atoms with Crippen LogP contribution in [0.4, 0.5) is 0 Å². The van der Waals surface area contributed by atoms with Gasteiger partial charge in [0.1, 0.15) is 0 Å². The first-order valence-electron chi connectivity index (χ1n) is 5.32. The molecule has 0 aliphatic rings. The molecular weight excluding hydrogens is 230 g/mol. The molecule has 0 fully saturated rings. The Kier molecular flexibility index (Phi) is 3.83. The number of amides is 1. The monoisotopic (exact) mass is 243 g/mol. The van der Waals surface area contributed by atoms with Crippen molar-refractivity contribution in [3.63, 3.8) is 0 Å². The maximum atomic E-state index is 10.7. The van der Waals surface area contributed by atoms with Crippen LogP contribution >= 0.6 is 11.8 Å². The lowest BCUT2D eigenvalue weighted by molar-refractivity contribution is -0.115. The van der Waals surface area contributed by atoms with Gasteiger partial charge in [0.05, 0.1) is 5.75 Å². The van der Waals surface area contributed by atoms with Gasteiger partial charge in [-0.3, -0.25) is 4.79 Å². The van der Waals surface area contributed by atoms with E-state index in [1.165, 1.54) is 22.9 Å². The number of nitrogens with two attached hydrogens (primary N) is 1. The van der Waals surface area contributed by atoms with Crippen LogP contribution in [0.5, 0.6) is 0 Å².